The summed E-state index contributed by atoms with van der Waals surface area (Å²) in [6, 6.07) is 1.97. The second-order valence-corrected chi connectivity index (χ2v) is 5.25. The molecule has 0 aliphatic heterocycles. The Hall–Kier alpha value is -1.34. The average molecular weight is 345 g/mol. The van der Waals surface area contributed by atoms with Crippen molar-refractivity contribution >= 4 is 15.9 Å². The van der Waals surface area contributed by atoms with Gasteiger partial charge < -0.3 is 5.32 Å². The van der Waals surface area contributed by atoms with Crippen LogP contribution in [0.4, 0.5) is 8.78 Å². The molecule has 0 amide bonds. The second-order valence-electron chi connectivity index (χ2n) is 4.50. The van der Waals surface area contributed by atoms with Gasteiger partial charge in [0, 0.05) is 18.7 Å². The first-order valence-corrected chi connectivity index (χ1v) is 6.99. The van der Waals surface area contributed by atoms with E-state index in [1.165, 1.54) is 6.07 Å². The smallest absolute Gasteiger partial charge is 0.153 e. The molecule has 4 nitrogen and oxygen atoms in total. The summed E-state index contributed by atoms with van der Waals surface area (Å²) in [6.45, 7) is 4.15. The van der Waals surface area contributed by atoms with E-state index >= 15 is 0 Å². The van der Waals surface area contributed by atoms with Gasteiger partial charge in [-0.15, -0.1) is 5.10 Å². The fourth-order valence-corrected chi connectivity index (χ4v) is 2.66. The van der Waals surface area contributed by atoms with Crippen molar-refractivity contribution in [1.82, 2.24) is 20.3 Å². The number of benzene rings is 1. The summed E-state index contributed by atoms with van der Waals surface area (Å²) in [4.78, 5) is 0. The Balaban J connectivity index is 2.57. The lowest BCUT2D eigenvalue weighted by molar-refractivity contribution is 0.517. The molecule has 0 bridgehead atoms. The Bertz CT molecular complexity index is 608. The standard InChI is InChI=1S/C13H15BrF2N4/c1-4-17-11(12-13(14)18-19-20(12)3)8-5-7(2)9(15)6-10(8)16/h5-6,11,17H,4H2,1-3H3. The van der Waals surface area contributed by atoms with Crippen LogP contribution < -0.4 is 5.32 Å². The van der Waals surface area contributed by atoms with Crippen LogP contribution in [0.5, 0.6) is 0 Å². The molecule has 0 aliphatic rings. The molecular formula is C13H15BrF2N4. The van der Waals surface area contributed by atoms with Gasteiger partial charge in [-0.25, -0.2) is 13.5 Å². The van der Waals surface area contributed by atoms with Crippen LogP contribution in [0.3, 0.4) is 0 Å². The van der Waals surface area contributed by atoms with Crippen molar-refractivity contribution in [3.63, 3.8) is 0 Å². The van der Waals surface area contributed by atoms with Gasteiger partial charge in [-0.1, -0.05) is 12.1 Å². The van der Waals surface area contributed by atoms with Gasteiger partial charge in [0.2, 0.25) is 0 Å². The van der Waals surface area contributed by atoms with Crippen LogP contribution in [0.25, 0.3) is 0 Å². The molecule has 1 N–H and O–H groups in total. The van der Waals surface area contributed by atoms with Crippen LogP contribution in [-0.4, -0.2) is 21.5 Å². The predicted molar refractivity (Wildman–Crippen MR) is 75.3 cm³/mol. The molecule has 2 aromatic rings. The minimum absolute atomic E-state index is 0.372. The molecule has 0 spiro atoms. The van der Waals surface area contributed by atoms with E-state index in [1.807, 2.05) is 6.92 Å². The molecule has 1 unspecified atom stereocenters. The lowest BCUT2D eigenvalue weighted by Crippen LogP contribution is -2.25. The molecule has 1 heterocycles. The van der Waals surface area contributed by atoms with Gasteiger partial charge in [0.15, 0.2) is 4.60 Å². The highest BCUT2D eigenvalue weighted by Crippen LogP contribution is 2.29. The minimum Gasteiger partial charge on any atom is -0.305 e. The SMILES string of the molecule is CCNC(c1cc(C)c(F)cc1F)c1c(Br)nnn1C. The highest BCUT2D eigenvalue weighted by atomic mass is 79.9. The summed E-state index contributed by atoms with van der Waals surface area (Å²) in [5.74, 6) is -1.14. The molecule has 108 valence electrons. The summed E-state index contributed by atoms with van der Waals surface area (Å²) in [6.07, 6.45) is 0. The van der Waals surface area contributed by atoms with Gasteiger partial charge in [0.1, 0.15) is 11.6 Å². The second kappa shape index (κ2) is 5.97. The fraction of sp³-hybridized carbons (Fsp3) is 0.385. The zero-order valence-electron chi connectivity index (χ0n) is 11.4. The topological polar surface area (TPSA) is 42.7 Å². The molecule has 1 aromatic carbocycles. The third-order valence-corrected chi connectivity index (χ3v) is 3.66. The van der Waals surface area contributed by atoms with Crippen LogP contribution in [0.15, 0.2) is 16.7 Å². The highest BCUT2D eigenvalue weighted by molar-refractivity contribution is 9.10. The van der Waals surface area contributed by atoms with Crippen LogP contribution in [0.2, 0.25) is 0 Å². The number of aryl methyl sites for hydroxylation is 2. The van der Waals surface area contributed by atoms with Gasteiger partial charge in [-0.2, -0.15) is 0 Å². The van der Waals surface area contributed by atoms with Gasteiger partial charge in [-0.05, 0) is 41.0 Å². The van der Waals surface area contributed by atoms with Gasteiger partial charge in [0.25, 0.3) is 0 Å². The molecule has 1 aromatic heterocycles. The van der Waals surface area contributed by atoms with E-state index in [4.69, 9.17) is 0 Å². The summed E-state index contributed by atoms with van der Waals surface area (Å²) in [5, 5.41) is 11.0. The first kappa shape index (κ1) is 15.1. The minimum atomic E-state index is -0.591. The molecule has 0 radical (unpaired) electrons. The van der Waals surface area contributed by atoms with Gasteiger partial charge in [0.05, 0.1) is 11.7 Å². The monoisotopic (exact) mass is 344 g/mol. The van der Waals surface area contributed by atoms with Crippen LogP contribution in [-0.2, 0) is 7.05 Å². The molecule has 0 saturated carbocycles. The molecular weight excluding hydrogens is 330 g/mol. The fourth-order valence-electron chi connectivity index (χ4n) is 2.10. The average Bonchev–Trinajstić information content (AvgIpc) is 2.71. The van der Waals surface area contributed by atoms with Crippen molar-refractivity contribution in [1.29, 1.82) is 0 Å². The molecule has 0 aliphatic carbocycles. The Kier molecular flexibility index (Phi) is 4.49. The van der Waals surface area contributed by atoms with E-state index in [0.717, 1.165) is 6.07 Å². The maximum atomic E-state index is 14.1. The Morgan fingerprint density at radius 1 is 1.35 bits per heavy atom. The van der Waals surface area contributed by atoms with E-state index in [-0.39, 0.29) is 0 Å². The number of halogens is 3. The third kappa shape index (κ3) is 2.73. The zero-order chi connectivity index (χ0) is 14.9. The maximum Gasteiger partial charge on any atom is 0.153 e. The van der Waals surface area contributed by atoms with Crippen molar-refractivity contribution in [3.05, 3.63) is 45.2 Å². The van der Waals surface area contributed by atoms with Crippen LogP contribution in [0.1, 0.15) is 29.8 Å². The molecule has 1 atom stereocenters. The molecule has 7 heteroatoms. The highest BCUT2D eigenvalue weighted by Gasteiger charge is 2.24. The summed E-state index contributed by atoms with van der Waals surface area (Å²) >= 11 is 3.31. The number of nitrogens with one attached hydrogen (secondary N) is 1. The van der Waals surface area contributed by atoms with Crippen molar-refractivity contribution in [2.45, 2.75) is 19.9 Å². The number of rotatable bonds is 4. The van der Waals surface area contributed by atoms with Crippen molar-refractivity contribution in [2.75, 3.05) is 6.54 Å². The Labute approximate surface area is 124 Å². The van der Waals surface area contributed by atoms with Gasteiger partial charge in [-0.3, -0.25) is 0 Å². The summed E-state index contributed by atoms with van der Waals surface area (Å²) in [7, 11) is 1.73. The quantitative estimate of drug-likeness (QED) is 0.927. The van der Waals surface area contributed by atoms with Crippen molar-refractivity contribution < 1.29 is 8.78 Å². The van der Waals surface area contributed by atoms with Crippen molar-refractivity contribution in [3.8, 4) is 0 Å². The maximum absolute atomic E-state index is 14.1. The zero-order valence-corrected chi connectivity index (χ0v) is 13.0. The lowest BCUT2D eigenvalue weighted by Gasteiger charge is -2.20. The van der Waals surface area contributed by atoms with E-state index in [2.05, 4.69) is 31.6 Å². The molecule has 2 rings (SSSR count). The first-order chi connectivity index (χ1) is 9.45. The molecule has 0 fully saturated rings. The number of nitrogens with zero attached hydrogens (tertiary/aromatic N) is 3. The number of hydrogen-bond donors (Lipinski definition) is 1. The molecule has 20 heavy (non-hydrogen) atoms. The normalized spacial score (nSPS) is 12.7. The number of aromatic nitrogens is 3. The number of hydrogen-bond acceptors (Lipinski definition) is 3. The Morgan fingerprint density at radius 2 is 2.05 bits per heavy atom. The summed E-state index contributed by atoms with van der Waals surface area (Å²) in [5.41, 5.74) is 1.46. The predicted octanol–water partition coefficient (Wildman–Crippen LogP) is 2.86. The Morgan fingerprint density at radius 3 is 2.60 bits per heavy atom. The van der Waals surface area contributed by atoms with Crippen LogP contribution in [0, 0.1) is 18.6 Å². The van der Waals surface area contributed by atoms with E-state index in [1.54, 1.807) is 18.7 Å². The van der Waals surface area contributed by atoms with Crippen LogP contribution >= 0.6 is 15.9 Å². The largest absolute Gasteiger partial charge is 0.305 e. The van der Waals surface area contributed by atoms with E-state index < -0.39 is 17.7 Å². The third-order valence-electron chi connectivity index (χ3n) is 3.10. The lowest BCUT2D eigenvalue weighted by atomic mass is 10.0. The molecule has 0 saturated heterocycles. The van der Waals surface area contributed by atoms with E-state index in [9.17, 15) is 8.78 Å². The van der Waals surface area contributed by atoms with Gasteiger partial charge >= 0.3 is 0 Å². The van der Waals surface area contributed by atoms with E-state index in [0.29, 0.717) is 28.0 Å². The first-order valence-electron chi connectivity index (χ1n) is 6.19. The van der Waals surface area contributed by atoms with Crippen molar-refractivity contribution in [2.24, 2.45) is 7.05 Å². The summed E-state index contributed by atoms with van der Waals surface area (Å²) < 4.78 is 29.6.